The van der Waals surface area contributed by atoms with Gasteiger partial charge in [0.05, 0.1) is 25.4 Å². The first-order valence-electron chi connectivity index (χ1n) is 7.65. The molecule has 0 saturated carbocycles. The molecule has 20 heavy (non-hydrogen) atoms. The fourth-order valence-corrected chi connectivity index (χ4v) is 2.42. The van der Waals surface area contributed by atoms with Crippen LogP contribution in [0.1, 0.15) is 40.0 Å². The summed E-state index contributed by atoms with van der Waals surface area (Å²) in [6.07, 6.45) is 2.52. The molecule has 1 saturated heterocycles. The highest BCUT2D eigenvalue weighted by atomic mass is 16.5. The molecular weight excluding hydrogens is 258 g/mol. The first kappa shape index (κ1) is 17.9. The van der Waals surface area contributed by atoms with Gasteiger partial charge in [0.25, 0.3) is 0 Å². The standard InChI is InChI=1S/C15H31NO4/c1-15(2,3)14(6-7-17)16-9-12(18)10-19-11-13-5-4-8-20-13/h12-14,16-18H,4-11H2,1-3H3. The quantitative estimate of drug-likeness (QED) is 0.589. The molecule has 0 aromatic rings. The van der Waals surface area contributed by atoms with Gasteiger partial charge in [0.2, 0.25) is 0 Å². The van der Waals surface area contributed by atoms with Gasteiger partial charge in [-0.3, -0.25) is 0 Å². The molecule has 120 valence electrons. The van der Waals surface area contributed by atoms with Gasteiger partial charge in [-0.15, -0.1) is 0 Å². The summed E-state index contributed by atoms with van der Waals surface area (Å²) in [6.45, 7) is 8.72. The van der Waals surface area contributed by atoms with Crippen molar-refractivity contribution in [2.24, 2.45) is 5.41 Å². The second-order valence-electron chi connectivity index (χ2n) is 6.67. The Bertz CT molecular complexity index is 249. The van der Waals surface area contributed by atoms with Crippen molar-refractivity contribution in [2.45, 2.75) is 58.3 Å². The van der Waals surface area contributed by atoms with Gasteiger partial charge >= 0.3 is 0 Å². The highest BCUT2D eigenvalue weighted by Crippen LogP contribution is 2.21. The highest BCUT2D eigenvalue weighted by Gasteiger charge is 2.24. The molecule has 3 unspecified atom stereocenters. The van der Waals surface area contributed by atoms with Gasteiger partial charge < -0.3 is 25.0 Å². The normalized spacial score (nSPS) is 22.9. The van der Waals surface area contributed by atoms with Crippen LogP contribution < -0.4 is 5.32 Å². The molecule has 5 nitrogen and oxygen atoms in total. The Labute approximate surface area is 122 Å². The minimum absolute atomic E-state index is 0.0565. The lowest BCUT2D eigenvalue weighted by atomic mass is 9.85. The molecule has 1 fully saturated rings. The van der Waals surface area contributed by atoms with Crippen LogP contribution in [-0.2, 0) is 9.47 Å². The number of hydrogen-bond donors (Lipinski definition) is 3. The summed E-state index contributed by atoms with van der Waals surface area (Å²) in [6, 6.07) is 0.181. The highest BCUT2D eigenvalue weighted by molar-refractivity contribution is 4.81. The molecule has 0 amide bonds. The van der Waals surface area contributed by atoms with Gasteiger partial charge in [-0.2, -0.15) is 0 Å². The Morgan fingerprint density at radius 2 is 2.15 bits per heavy atom. The van der Waals surface area contributed by atoms with Crippen LogP contribution in [0.5, 0.6) is 0 Å². The number of rotatable bonds is 9. The zero-order valence-electron chi connectivity index (χ0n) is 13.1. The Morgan fingerprint density at radius 3 is 2.70 bits per heavy atom. The van der Waals surface area contributed by atoms with E-state index in [-0.39, 0.29) is 24.2 Å². The van der Waals surface area contributed by atoms with E-state index < -0.39 is 6.10 Å². The zero-order valence-corrected chi connectivity index (χ0v) is 13.1. The van der Waals surface area contributed by atoms with E-state index >= 15 is 0 Å². The van der Waals surface area contributed by atoms with E-state index in [9.17, 15) is 5.11 Å². The molecule has 0 spiro atoms. The first-order chi connectivity index (χ1) is 9.43. The van der Waals surface area contributed by atoms with Crippen LogP contribution >= 0.6 is 0 Å². The van der Waals surface area contributed by atoms with Gasteiger partial charge in [0.15, 0.2) is 0 Å². The number of nitrogens with one attached hydrogen (secondary N) is 1. The zero-order chi connectivity index (χ0) is 15.0. The van der Waals surface area contributed by atoms with Crippen LogP contribution in [0.3, 0.4) is 0 Å². The lowest BCUT2D eigenvalue weighted by Crippen LogP contribution is -2.45. The van der Waals surface area contributed by atoms with E-state index in [1.807, 2.05) is 0 Å². The van der Waals surface area contributed by atoms with Crippen molar-refractivity contribution in [2.75, 3.05) is 33.0 Å². The Balaban J connectivity index is 2.15. The van der Waals surface area contributed by atoms with Crippen molar-refractivity contribution in [3.05, 3.63) is 0 Å². The molecule has 3 atom stereocenters. The third-order valence-corrected chi connectivity index (χ3v) is 3.70. The molecule has 3 N–H and O–H groups in total. The SMILES string of the molecule is CC(C)(C)C(CCO)NCC(O)COCC1CCCO1. The molecule has 1 aliphatic rings. The summed E-state index contributed by atoms with van der Waals surface area (Å²) in [5.74, 6) is 0. The summed E-state index contributed by atoms with van der Waals surface area (Å²) >= 11 is 0. The number of aliphatic hydroxyl groups excluding tert-OH is 2. The molecular formula is C15H31NO4. The molecule has 0 aromatic heterocycles. The van der Waals surface area contributed by atoms with Crippen molar-refractivity contribution in [1.29, 1.82) is 0 Å². The monoisotopic (exact) mass is 289 g/mol. The molecule has 1 rings (SSSR count). The maximum Gasteiger partial charge on any atom is 0.0897 e. The topological polar surface area (TPSA) is 71.0 Å². The summed E-state index contributed by atoms with van der Waals surface area (Å²) < 4.78 is 11.0. The molecule has 0 radical (unpaired) electrons. The van der Waals surface area contributed by atoms with Crippen molar-refractivity contribution >= 4 is 0 Å². The summed E-state index contributed by atoms with van der Waals surface area (Å²) in [5, 5.41) is 22.3. The lowest BCUT2D eigenvalue weighted by molar-refractivity contribution is -0.0179. The molecule has 0 aromatic carbocycles. The second-order valence-corrected chi connectivity index (χ2v) is 6.67. The van der Waals surface area contributed by atoms with E-state index in [0.717, 1.165) is 19.4 Å². The molecule has 5 heteroatoms. The molecule has 0 aliphatic carbocycles. The van der Waals surface area contributed by atoms with Crippen LogP contribution in [-0.4, -0.2) is 61.4 Å². The lowest BCUT2D eigenvalue weighted by Gasteiger charge is -2.32. The molecule has 1 aliphatic heterocycles. The van der Waals surface area contributed by atoms with Gasteiger partial charge in [0, 0.05) is 25.8 Å². The smallest absolute Gasteiger partial charge is 0.0897 e. The first-order valence-corrected chi connectivity index (χ1v) is 7.65. The Kier molecular flexibility index (Phi) is 7.99. The Hall–Kier alpha value is -0.200. The average Bonchev–Trinajstić information content (AvgIpc) is 2.86. The third kappa shape index (κ3) is 6.99. The molecule has 0 bridgehead atoms. The summed E-state index contributed by atoms with van der Waals surface area (Å²) in [5.41, 5.74) is 0.0565. The summed E-state index contributed by atoms with van der Waals surface area (Å²) in [4.78, 5) is 0. The van der Waals surface area contributed by atoms with Crippen LogP contribution in [0.2, 0.25) is 0 Å². The van der Waals surface area contributed by atoms with E-state index in [0.29, 0.717) is 26.2 Å². The van der Waals surface area contributed by atoms with Crippen LogP contribution in [0.25, 0.3) is 0 Å². The number of aliphatic hydroxyl groups is 2. The summed E-state index contributed by atoms with van der Waals surface area (Å²) in [7, 11) is 0. The van der Waals surface area contributed by atoms with E-state index in [4.69, 9.17) is 14.6 Å². The number of ether oxygens (including phenoxy) is 2. The minimum Gasteiger partial charge on any atom is -0.396 e. The Morgan fingerprint density at radius 1 is 1.40 bits per heavy atom. The fraction of sp³-hybridized carbons (Fsp3) is 1.00. The predicted octanol–water partition coefficient (Wildman–Crippen LogP) is 0.930. The fourth-order valence-electron chi connectivity index (χ4n) is 2.42. The third-order valence-electron chi connectivity index (χ3n) is 3.70. The predicted molar refractivity (Wildman–Crippen MR) is 78.7 cm³/mol. The molecule has 1 heterocycles. The number of hydrogen-bond acceptors (Lipinski definition) is 5. The van der Waals surface area contributed by atoms with Gasteiger partial charge in [0.1, 0.15) is 0 Å². The van der Waals surface area contributed by atoms with Crippen LogP contribution in [0.4, 0.5) is 0 Å². The maximum absolute atomic E-state index is 9.92. The largest absolute Gasteiger partial charge is 0.396 e. The average molecular weight is 289 g/mol. The van der Waals surface area contributed by atoms with Crippen molar-refractivity contribution in [3.63, 3.8) is 0 Å². The van der Waals surface area contributed by atoms with Crippen molar-refractivity contribution in [3.8, 4) is 0 Å². The van der Waals surface area contributed by atoms with Crippen molar-refractivity contribution in [1.82, 2.24) is 5.32 Å². The van der Waals surface area contributed by atoms with Crippen LogP contribution in [0, 0.1) is 5.41 Å². The van der Waals surface area contributed by atoms with E-state index in [2.05, 4.69) is 26.1 Å². The van der Waals surface area contributed by atoms with E-state index in [1.54, 1.807) is 0 Å². The van der Waals surface area contributed by atoms with E-state index in [1.165, 1.54) is 0 Å². The van der Waals surface area contributed by atoms with Gasteiger partial charge in [-0.1, -0.05) is 20.8 Å². The van der Waals surface area contributed by atoms with Gasteiger partial charge in [-0.25, -0.2) is 0 Å². The maximum atomic E-state index is 9.92. The van der Waals surface area contributed by atoms with Gasteiger partial charge in [-0.05, 0) is 24.7 Å². The minimum atomic E-state index is -0.528. The second kappa shape index (κ2) is 8.95. The van der Waals surface area contributed by atoms with Crippen molar-refractivity contribution < 1.29 is 19.7 Å². The van der Waals surface area contributed by atoms with Crippen LogP contribution in [0.15, 0.2) is 0 Å².